The van der Waals surface area contributed by atoms with Gasteiger partial charge in [-0.2, -0.15) is 0 Å². The van der Waals surface area contributed by atoms with E-state index < -0.39 is 77.4 Å². The van der Waals surface area contributed by atoms with Gasteiger partial charge in [0.15, 0.2) is 17.7 Å². The highest BCUT2D eigenvalue weighted by Gasteiger charge is 2.65. The van der Waals surface area contributed by atoms with Gasteiger partial charge in [0.25, 0.3) is 0 Å². The summed E-state index contributed by atoms with van der Waals surface area (Å²) in [4.78, 5) is 66.6. The van der Waals surface area contributed by atoms with Gasteiger partial charge in [-0.25, -0.2) is 4.79 Å². The number of Topliss-reactive ketones (excluding diaryl/α,β-unsaturated/α-hetero) is 2. The first-order valence-corrected chi connectivity index (χ1v) is 12.7. The first kappa shape index (κ1) is 36.6. The van der Waals surface area contributed by atoms with Crippen molar-refractivity contribution in [1.82, 2.24) is 4.90 Å². The monoisotopic (exact) mass is 563 g/mol. The highest BCUT2D eigenvalue weighted by Crippen LogP contribution is 2.29. The minimum atomic E-state index is -3.74. The lowest BCUT2D eigenvalue weighted by Gasteiger charge is -2.44. The fourth-order valence-electron chi connectivity index (χ4n) is 3.83. The van der Waals surface area contributed by atoms with E-state index in [-0.39, 0.29) is 43.7 Å². The Hall–Kier alpha value is -2.41. The van der Waals surface area contributed by atoms with Crippen LogP contribution in [0.15, 0.2) is 0 Å². The van der Waals surface area contributed by atoms with Crippen LogP contribution in [-0.4, -0.2) is 116 Å². The Morgan fingerprint density at radius 3 is 1.54 bits per heavy atom. The fourth-order valence-corrected chi connectivity index (χ4v) is 3.83. The summed E-state index contributed by atoms with van der Waals surface area (Å²) < 4.78 is 0. The van der Waals surface area contributed by atoms with Crippen LogP contribution < -0.4 is 34.4 Å². The summed E-state index contributed by atoms with van der Waals surface area (Å²) in [6, 6.07) is -7.29. The number of carbonyl (C=O) groups is 5. The Labute approximate surface area is 227 Å². The van der Waals surface area contributed by atoms with Gasteiger partial charge in [-0.05, 0) is 52.6 Å². The molecule has 0 saturated heterocycles. The number of carboxylic acid groups (broad SMARTS) is 1. The number of nitrogens with zero attached hydrogens (tertiary/aromatic N) is 1. The van der Waals surface area contributed by atoms with Crippen LogP contribution in [0.1, 0.15) is 52.4 Å². The van der Waals surface area contributed by atoms with Crippen LogP contribution in [0.3, 0.4) is 0 Å². The molecule has 8 unspecified atom stereocenters. The minimum absolute atomic E-state index is 0.0902. The smallest absolute Gasteiger partial charge is 0.341 e. The van der Waals surface area contributed by atoms with E-state index in [9.17, 15) is 44.4 Å². The fraction of sp³-hybridized carbons (Fsp3) is 0.783. The van der Waals surface area contributed by atoms with Gasteiger partial charge in [-0.15, -0.1) is 0 Å². The van der Waals surface area contributed by atoms with Crippen LogP contribution in [0.5, 0.6) is 0 Å². The summed E-state index contributed by atoms with van der Waals surface area (Å²) >= 11 is 0. The molecule has 16 N–H and O–H groups in total. The van der Waals surface area contributed by atoms with Gasteiger partial charge in [-0.1, -0.05) is 12.8 Å². The maximum absolute atomic E-state index is 13.7. The second kappa shape index (κ2) is 16.6. The van der Waals surface area contributed by atoms with Gasteiger partial charge in [0, 0.05) is 0 Å². The number of hydrogen-bond acceptors (Lipinski definition) is 14. The molecule has 16 nitrogen and oxygen atoms in total. The van der Waals surface area contributed by atoms with Crippen LogP contribution >= 0.6 is 0 Å². The number of unbranched alkanes of at least 4 members (excludes halogenated alkanes) is 2. The second-order valence-electron chi connectivity index (χ2n) is 9.57. The standard InChI is InChI=1S/C23H45N7O9/c1-11(31)15(28)18(34)23(22(38)39,19(35)17(33)13(26)7-3-5-9-24)30(21(37)16(29)12(2)32)20(36)14(27)8-4-6-10-25/h11-16,19,31-32,35H,3-10,24-29H2,1-2H3,(H,38,39). The van der Waals surface area contributed by atoms with E-state index in [4.69, 9.17) is 34.4 Å². The van der Waals surface area contributed by atoms with E-state index in [0.717, 1.165) is 13.8 Å². The van der Waals surface area contributed by atoms with Crippen LogP contribution in [0, 0.1) is 0 Å². The highest BCUT2D eigenvalue weighted by atomic mass is 16.4. The molecule has 0 aromatic heterocycles. The molecule has 0 radical (unpaired) electrons. The van der Waals surface area contributed by atoms with Crippen LogP contribution in [-0.2, 0) is 24.0 Å². The van der Waals surface area contributed by atoms with Crippen molar-refractivity contribution < 1.29 is 44.4 Å². The Morgan fingerprint density at radius 1 is 0.718 bits per heavy atom. The number of amides is 2. The first-order valence-electron chi connectivity index (χ1n) is 12.7. The molecular weight excluding hydrogens is 518 g/mol. The molecule has 0 bridgehead atoms. The normalized spacial score (nSPS) is 18.5. The number of imide groups is 1. The number of ketones is 2. The van der Waals surface area contributed by atoms with E-state index in [2.05, 4.69) is 0 Å². The number of nitrogens with two attached hydrogens (primary N) is 6. The summed E-state index contributed by atoms with van der Waals surface area (Å²) in [7, 11) is 0. The molecule has 226 valence electrons. The topological polar surface area (TPSA) is 326 Å². The molecule has 8 atom stereocenters. The van der Waals surface area contributed by atoms with Crippen LogP contribution in [0.4, 0.5) is 0 Å². The molecule has 2 amide bonds. The molecule has 0 saturated carbocycles. The lowest BCUT2D eigenvalue weighted by atomic mass is 9.76. The molecule has 0 aliphatic rings. The molecule has 39 heavy (non-hydrogen) atoms. The lowest BCUT2D eigenvalue weighted by Crippen LogP contribution is -2.78. The summed E-state index contributed by atoms with van der Waals surface area (Å²) in [5.74, 6) is -8.65. The maximum Gasteiger partial charge on any atom is 0.341 e. The van der Waals surface area contributed by atoms with E-state index in [0.29, 0.717) is 12.8 Å². The van der Waals surface area contributed by atoms with Gasteiger partial charge in [0.2, 0.25) is 17.4 Å². The van der Waals surface area contributed by atoms with Gasteiger partial charge in [0.1, 0.15) is 6.04 Å². The predicted molar refractivity (Wildman–Crippen MR) is 139 cm³/mol. The zero-order chi connectivity index (χ0) is 30.7. The average Bonchev–Trinajstić information content (AvgIpc) is 2.88. The molecule has 0 rings (SSSR count). The van der Waals surface area contributed by atoms with Crippen molar-refractivity contribution in [2.24, 2.45) is 34.4 Å². The second-order valence-corrected chi connectivity index (χ2v) is 9.57. The number of hydrogen-bond donors (Lipinski definition) is 10. The third-order valence-electron chi connectivity index (χ3n) is 6.41. The van der Waals surface area contributed by atoms with Crippen molar-refractivity contribution in [3.05, 3.63) is 0 Å². The zero-order valence-corrected chi connectivity index (χ0v) is 22.4. The largest absolute Gasteiger partial charge is 0.479 e. The molecule has 0 spiro atoms. The van der Waals surface area contributed by atoms with Gasteiger partial charge >= 0.3 is 5.97 Å². The van der Waals surface area contributed by atoms with Crippen molar-refractivity contribution in [1.29, 1.82) is 0 Å². The van der Waals surface area contributed by atoms with Crippen molar-refractivity contribution in [3.8, 4) is 0 Å². The van der Waals surface area contributed by atoms with E-state index >= 15 is 0 Å². The van der Waals surface area contributed by atoms with Gasteiger partial charge in [-0.3, -0.25) is 24.1 Å². The van der Waals surface area contributed by atoms with Gasteiger partial charge < -0.3 is 54.8 Å². The van der Waals surface area contributed by atoms with Gasteiger partial charge in [0.05, 0.1) is 30.3 Å². The van der Waals surface area contributed by atoms with Crippen LogP contribution in [0.2, 0.25) is 0 Å². The summed E-state index contributed by atoms with van der Waals surface area (Å²) in [5, 5.41) is 41.5. The molecular formula is C23H45N7O9. The molecule has 0 aromatic carbocycles. The Bertz CT molecular complexity index is 858. The molecule has 0 aliphatic heterocycles. The third-order valence-corrected chi connectivity index (χ3v) is 6.41. The number of carboxylic acids is 1. The Morgan fingerprint density at radius 2 is 1.15 bits per heavy atom. The molecule has 16 heteroatoms. The summed E-state index contributed by atoms with van der Waals surface area (Å²) in [5.41, 5.74) is 30.4. The van der Waals surface area contributed by atoms with Crippen molar-refractivity contribution in [2.45, 2.75) is 100 Å². The van der Waals surface area contributed by atoms with E-state index in [1.807, 2.05) is 0 Å². The average molecular weight is 564 g/mol. The maximum atomic E-state index is 13.7. The first-order chi connectivity index (χ1) is 18.0. The lowest BCUT2D eigenvalue weighted by molar-refractivity contribution is -0.183. The SMILES string of the molecule is CC(O)C(N)C(=O)N(C(=O)C(N)CCCCN)C(C(=O)O)(C(=O)C(N)C(C)O)C(O)C(=O)C(N)CCCCN. The molecule has 0 heterocycles. The summed E-state index contributed by atoms with van der Waals surface area (Å²) in [6.07, 6.45) is -5.25. The highest BCUT2D eigenvalue weighted by molar-refractivity contribution is 6.21. The van der Waals surface area contributed by atoms with Crippen molar-refractivity contribution in [2.75, 3.05) is 13.1 Å². The minimum Gasteiger partial charge on any atom is -0.479 e. The predicted octanol–water partition coefficient (Wildman–Crippen LogP) is -5.01. The van der Waals surface area contributed by atoms with E-state index in [1.54, 1.807) is 0 Å². The summed E-state index contributed by atoms with van der Waals surface area (Å²) in [6.45, 7) is 2.54. The number of carbonyl (C=O) groups excluding carboxylic acids is 4. The number of aliphatic hydroxyl groups is 3. The zero-order valence-electron chi connectivity index (χ0n) is 22.4. The van der Waals surface area contributed by atoms with E-state index in [1.165, 1.54) is 0 Å². The molecule has 0 aliphatic carbocycles. The Balaban J connectivity index is 7.32. The molecule has 0 aromatic rings. The number of rotatable bonds is 19. The number of aliphatic hydroxyl groups excluding tert-OH is 3. The number of aliphatic carboxylic acids is 1. The van der Waals surface area contributed by atoms with Crippen molar-refractivity contribution >= 4 is 29.4 Å². The third kappa shape index (κ3) is 8.79. The quantitative estimate of drug-likeness (QED) is 0.0519. The Kier molecular flexibility index (Phi) is 15.6. The van der Waals surface area contributed by atoms with Crippen molar-refractivity contribution in [3.63, 3.8) is 0 Å². The molecule has 0 fully saturated rings. The van der Waals surface area contributed by atoms with Crippen LogP contribution in [0.25, 0.3) is 0 Å².